The summed E-state index contributed by atoms with van der Waals surface area (Å²) >= 11 is 6.04. The molecule has 2 amide bonds. The number of aromatic nitrogens is 1. The quantitative estimate of drug-likeness (QED) is 0.742. The second-order valence-corrected chi connectivity index (χ2v) is 8.56. The normalized spacial score (nSPS) is 20.0. The smallest absolute Gasteiger partial charge is 0.324 e. The number of pyridine rings is 1. The van der Waals surface area contributed by atoms with Gasteiger partial charge in [-0.15, -0.1) is 0 Å². The van der Waals surface area contributed by atoms with Gasteiger partial charge in [0.25, 0.3) is 0 Å². The predicted molar refractivity (Wildman–Crippen MR) is 111 cm³/mol. The summed E-state index contributed by atoms with van der Waals surface area (Å²) in [6.45, 7) is 5.44. The topological polar surface area (TPSA) is 58.1 Å². The Bertz CT molecular complexity index is 974. The average Bonchev–Trinajstić information content (AvgIpc) is 2.64. The molecule has 0 bridgehead atoms. The lowest BCUT2D eigenvalue weighted by molar-refractivity contribution is 0.00961. The first-order chi connectivity index (χ1) is 14.4. The standard InChI is InChI=1S/C21H22ClFN4O3/c1-14(23)30-19-9-16(4-5-24-19)25-10-21(11-25)12-26(13-21)20(28)27-6-7-29-18-8-15(22)2-3-17(18)27/h2-5,8-9,14H,6-7,10-13H2,1H3. The van der Waals surface area contributed by atoms with E-state index >= 15 is 0 Å². The Kier molecular flexibility index (Phi) is 4.61. The Morgan fingerprint density at radius 3 is 2.83 bits per heavy atom. The number of hydrogen-bond donors (Lipinski definition) is 0. The van der Waals surface area contributed by atoms with Crippen LogP contribution in [0.15, 0.2) is 36.5 Å². The first-order valence-corrected chi connectivity index (χ1v) is 10.3. The number of likely N-dealkylation sites (tertiary alicyclic amines) is 1. The van der Waals surface area contributed by atoms with Gasteiger partial charge in [0.05, 0.1) is 12.2 Å². The largest absolute Gasteiger partial charge is 0.489 e. The summed E-state index contributed by atoms with van der Waals surface area (Å²) in [5, 5.41) is 0.589. The molecule has 1 aromatic carbocycles. The number of nitrogens with zero attached hydrogens (tertiary/aromatic N) is 4. The summed E-state index contributed by atoms with van der Waals surface area (Å²) in [6, 6.07) is 8.99. The minimum Gasteiger partial charge on any atom is -0.489 e. The van der Waals surface area contributed by atoms with Crippen LogP contribution >= 0.6 is 11.6 Å². The van der Waals surface area contributed by atoms with Crippen LogP contribution in [-0.2, 0) is 0 Å². The van der Waals surface area contributed by atoms with Crippen molar-refractivity contribution in [3.63, 3.8) is 0 Å². The summed E-state index contributed by atoms with van der Waals surface area (Å²) in [5.41, 5.74) is 1.83. The van der Waals surface area contributed by atoms with Gasteiger partial charge in [0.1, 0.15) is 12.4 Å². The second-order valence-electron chi connectivity index (χ2n) is 8.12. The van der Waals surface area contributed by atoms with E-state index in [1.165, 1.54) is 6.92 Å². The van der Waals surface area contributed by atoms with Gasteiger partial charge in [-0.05, 0) is 18.2 Å². The molecule has 2 aromatic rings. The molecule has 1 spiro atoms. The van der Waals surface area contributed by atoms with Crippen LogP contribution < -0.4 is 19.3 Å². The predicted octanol–water partition coefficient (Wildman–Crippen LogP) is 3.57. The van der Waals surface area contributed by atoms with Crippen molar-refractivity contribution in [2.45, 2.75) is 13.3 Å². The average molecular weight is 433 g/mol. The van der Waals surface area contributed by atoms with Gasteiger partial charge in [0.15, 0.2) is 0 Å². The summed E-state index contributed by atoms with van der Waals surface area (Å²) in [5.74, 6) is 0.922. The van der Waals surface area contributed by atoms with Crippen LogP contribution in [0.3, 0.4) is 0 Å². The van der Waals surface area contributed by atoms with Gasteiger partial charge in [-0.25, -0.2) is 14.2 Å². The molecule has 4 heterocycles. The van der Waals surface area contributed by atoms with Crippen molar-refractivity contribution in [1.82, 2.24) is 9.88 Å². The lowest BCUT2D eigenvalue weighted by Gasteiger charge is -2.61. The zero-order chi connectivity index (χ0) is 20.9. The second kappa shape index (κ2) is 7.19. The van der Waals surface area contributed by atoms with E-state index in [1.807, 2.05) is 17.0 Å². The molecule has 0 saturated carbocycles. The van der Waals surface area contributed by atoms with E-state index in [0.717, 1.165) is 37.6 Å². The monoisotopic (exact) mass is 432 g/mol. The number of halogens is 2. The SMILES string of the molecule is CC(F)Oc1cc(N2CC3(CN(C(=O)N4CCOc5cc(Cl)ccc54)C3)C2)ccn1. The van der Waals surface area contributed by atoms with E-state index in [-0.39, 0.29) is 17.3 Å². The molecule has 2 saturated heterocycles. The molecule has 7 nitrogen and oxygen atoms in total. The molecule has 1 aromatic heterocycles. The van der Waals surface area contributed by atoms with Crippen LogP contribution in [0.5, 0.6) is 11.6 Å². The molecule has 0 radical (unpaired) electrons. The Morgan fingerprint density at radius 2 is 2.07 bits per heavy atom. The first kappa shape index (κ1) is 19.2. The van der Waals surface area contributed by atoms with Crippen molar-refractivity contribution in [3.05, 3.63) is 41.6 Å². The molecular formula is C21H22ClFN4O3. The van der Waals surface area contributed by atoms with Crippen LogP contribution in [0.4, 0.5) is 20.6 Å². The molecule has 9 heteroatoms. The lowest BCUT2D eigenvalue weighted by Crippen LogP contribution is -2.74. The maximum absolute atomic E-state index is 13.1. The van der Waals surface area contributed by atoms with Gasteiger partial charge in [0.2, 0.25) is 12.2 Å². The van der Waals surface area contributed by atoms with E-state index < -0.39 is 6.36 Å². The number of ether oxygens (including phenoxy) is 2. The van der Waals surface area contributed by atoms with Gasteiger partial charge in [-0.2, -0.15) is 0 Å². The number of fused-ring (bicyclic) bond motifs is 1. The van der Waals surface area contributed by atoms with Crippen molar-refractivity contribution in [1.29, 1.82) is 0 Å². The third-order valence-electron chi connectivity index (χ3n) is 5.76. The molecule has 158 valence electrons. The molecule has 0 aliphatic carbocycles. The van der Waals surface area contributed by atoms with E-state index in [4.69, 9.17) is 21.1 Å². The van der Waals surface area contributed by atoms with E-state index in [1.54, 1.807) is 29.3 Å². The number of carbonyl (C=O) groups excluding carboxylic acids is 1. The van der Waals surface area contributed by atoms with Gasteiger partial charge in [0, 0.05) is 67.6 Å². The zero-order valence-corrected chi connectivity index (χ0v) is 17.3. The lowest BCUT2D eigenvalue weighted by atomic mass is 9.72. The van der Waals surface area contributed by atoms with E-state index in [2.05, 4.69) is 9.88 Å². The van der Waals surface area contributed by atoms with Gasteiger partial charge < -0.3 is 19.3 Å². The fraction of sp³-hybridized carbons (Fsp3) is 0.429. The zero-order valence-electron chi connectivity index (χ0n) is 16.6. The minimum absolute atomic E-state index is 0.00229. The molecule has 3 aliphatic heterocycles. The molecule has 1 atom stereocenters. The van der Waals surface area contributed by atoms with Gasteiger partial charge in [-0.1, -0.05) is 11.6 Å². The highest BCUT2D eigenvalue weighted by Crippen LogP contribution is 2.43. The highest BCUT2D eigenvalue weighted by Gasteiger charge is 2.54. The third kappa shape index (κ3) is 3.39. The molecule has 5 rings (SSSR count). The van der Waals surface area contributed by atoms with Crippen LogP contribution in [0.25, 0.3) is 0 Å². The fourth-order valence-corrected chi connectivity index (χ4v) is 4.60. The van der Waals surface area contributed by atoms with Crippen molar-refractivity contribution in [3.8, 4) is 11.6 Å². The highest BCUT2D eigenvalue weighted by molar-refractivity contribution is 6.30. The Hall–Kier alpha value is -2.74. The number of rotatable bonds is 3. The van der Waals surface area contributed by atoms with Gasteiger partial charge in [-0.3, -0.25) is 4.90 Å². The van der Waals surface area contributed by atoms with E-state index in [9.17, 15) is 9.18 Å². The van der Waals surface area contributed by atoms with Crippen molar-refractivity contribution in [2.24, 2.45) is 5.41 Å². The number of hydrogen-bond acceptors (Lipinski definition) is 5. The first-order valence-electron chi connectivity index (χ1n) is 9.93. The Labute approximate surface area is 178 Å². The summed E-state index contributed by atoms with van der Waals surface area (Å²) in [4.78, 5) is 22.9. The molecular weight excluding hydrogens is 411 g/mol. The van der Waals surface area contributed by atoms with Crippen molar-refractivity contribution in [2.75, 3.05) is 49.1 Å². The van der Waals surface area contributed by atoms with Crippen molar-refractivity contribution >= 4 is 29.0 Å². The number of carbonyl (C=O) groups is 1. The minimum atomic E-state index is -1.40. The molecule has 2 fully saturated rings. The van der Waals surface area contributed by atoms with Crippen LogP contribution in [-0.4, -0.2) is 61.6 Å². The Balaban J connectivity index is 1.20. The Morgan fingerprint density at radius 1 is 1.27 bits per heavy atom. The van der Waals surface area contributed by atoms with Crippen LogP contribution in [0.2, 0.25) is 5.02 Å². The van der Waals surface area contributed by atoms with E-state index in [0.29, 0.717) is 23.9 Å². The third-order valence-corrected chi connectivity index (χ3v) is 5.99. The number of benzene rings is 1. The summed E-state index contributed by atoms with van der Waals surface area (Å²) < 4.78 is 23.7. The number of amides is 2. The maximum atomic E-state index is 13.1. The molecule has 1 unspecified atom stereocenters. The maximum Gasteiger partial charge on any atom is 0.324 e. The van der Waals surface area contributed by atoms with Crippen molar-refractivity contribution < 1.29 is 18.7 Å². The molecule has 3 aliphatic rings. The summed E-state index contributed by atoms with van der Waals surface area (Å²) in [7, 11) is 0. The highest BCUT2D eigenvalue weighted by atomic mass is 35.5. The van der Waals surface area contributed by atoms with Crippen LogP contribution in [0.1, 0.15) is 6.92 Å². The van der Waals surface area contributed by atoms with Gasteiger partial charge >= 0.3 is 6.03 Å². The number of anilines is 2. The van der Waals surface area contributed by atoms with Crippen LogP contribution in [0, 0.1) is 5.41 Å². The fourth-order valence-electron chi connectivity index (χ4n) is 4.43. The molecule has 30 heavy (non-hydrogen) atoms. The molecule has 0 N–H and O–H groups in total. The number of urea groups is 1. The number of alkyl halides is 1. The summed E-state index contributed by atoms with van der Waals surface area (Å²) in [6.07, 6.45) is 0.222.